The molecule has 0 fully saturated rings. The zero-order chi connectivity index (χ0) is 38.4. The van der Waals surface area contributed by atoms with E-state index in [-0.39, 0.29) is 0 Å². The first-order chi connectivity index (χ1) is 28.7. The van der Waals surface area contributed by atoms with Crippen molar-refractivity contribution in [2.75, 3.05) is 0 Å². The van der Waals surface area contributed by atoms with E-state index in [1.165, 1.54) is 54.2 Å². The van der Waals surface area contributed by atoms with Gasteiger partial charge in [0.25, 0.3) is 0 Å². The molecule has 0 N–H and O–H groups in total. The fourth-order valence-electron chi connectivity index (χ4n) is 8.53. The summed E-state index contributed by atoms with van der Waals surface area (Å²) in [6.07, 6.45) is 0. The lowest BCUT2D eigenvalue weighted by molar-refractivity contribution is 1.07. The molecule has 0 amide bonds. The maximum atomic E-state index is 5.12. The van der Waals surface area contributed by atoms with Gasteiger partial charge in [-0.15, -0.1) is 0 Å². The standard InChI is InChI=1S/C55H35N3/c1-3-16-36(17-4-1)38-20-14-24-42(33-38)54-56-53(37-18-5-2-6-19-37)57-55(58-54)43-25-15-22-40(34-43)39-21-13-23-41(32-39)50-35-51-46-28-8-7-26-44(46)45-27-9-11-30-48(45)52(51)49-31-12-10-29-47(49)50/h1-35H. The molecule has 11 aromatic rings. The summed E-state index contributed by atoms with van der Waals surface area (Å²) < 4.78 is 0. The molecule has 0 saturated carbocycles. The lowest BCUT2D eigenvalue weighted by Gasteiger charge is -2.16. The van der Waals surface area contributed by atoms with E-state index < -0.39 is 0 Å². The SMILES string of the molecule is c1ccc(-c2cccc(-c3nc(-c4ccccc4)nc(-c4cccc(-c5cccc(-c6cc7c8ccccc8c8ccccc8c7c7ccccc67)c5)c4)n3)c2)cc1. The topological polar surface area (TPSA) is 38.7 Å². The number of rotatable bonds is 6. The van der Waals surface area contributed by atoms with Crippen molar-refractivity contribution < 1.29 is 0 Å². The zero-order valence-electron chi connectivity index (χ0n) is 31.5. The number of nitrogens with zero attached hydrogens (tertiary/aromatic N) is 3. The van der Waals surface area contributed by atoms with E-state index in [1.807, 2.05) is 36.4 Å². The molecular formula is C55H35N3. The Labute approximate surface area is 336 Å². The van der Waals surface area contributed by atoms with Crippen LogP contribution in [0.5, 0.6) is 0 Å². The van der Waals surface area contributed by atoms with Crippen molar-refractivity contribution in [3.8, 4) is 67.5 Å². The fourth-order valence-corrected chi connectivity index (χ4v) is 8.53. The van der Waals surface area contributed by atoms with Crippen LogP contribution in [0.3, 0.4) is 0 Å². The highest BCUT2D eigenvalue weighted by Gasteiger charge is 2.17. The quantitative estimate of drug-likeness (QED) is 0.160. The van der Waals surface area contributed by atoms with Gasteiger partial charge in [0.2, 0.25) is 0 Å². The Bertz CT molecular complexity index is 3340. The third-order valence-electron chi connectivity index (χ3n) is 11.3. The molecule has 0 spiro atoms. The lowest BCUT2D eigenvalue weighted by atomic mass is 9.87. The molecule has 270 valence electrons. The van der Waals surface area contributed by atoms with Gasteiger partial charge < -0.3 is 0 Å². The largest absolute Gasteiger partial charge is 0.208 e. The van der Waals surface area contributed by atoms with Crippen LogP contribution < -0.4 is 0 Å². The minimum atomic E-state index is 0.631. The van der Waals surface area contributed by atoms with E-state index in [1.54, 1.807) is 0 Å². The molecule has 0 bridgehead atoms. The molecule has 0 atom stereocenters. The van der Waals surface area contributed by atoms with Crippen molar-refractivity contribution in [1.82, 2.24) is 15.0 Å². The molecule has 1 aromatic heterocycles. The van der Waals surface area contributed by atoms with Crippen LogP contribution in [0, 0.1) is 0 Å². The Morgan fingerprint density at radius 2 is 0.552 bits per heavy atom. The molecule has 0 aliphatic rings. The van der Waals surface area contributed by atoms with Crippen molar-refractivity contribution in [2.45, 2.75) is 0 Å². The van der Waals surface area contributed by atoms with Crippen molar-refractivity contribution in [2.24, 2.45) is 0 Å². The monoisotopic (exact) mass is 737 g/mol. The summed E-state index contributed by atoms with van der Waals surface area (Å²) >= 11 is 0. The van der Waals surface area contributed by atoms with Crippen molar-refractivity contribution in [3.05, 3.63) is 212 Å². The second kappa shape index (κ2) is 14.1. The van der Waals surface area contributed by atoms with E-state index in [0.29, 0.717) is 17.5 Å². The van der Waals surface area contributed by atoms with Crippen molar-refractivity contribution in [3.63, 3.8) is 0 Å². The molecule has 0 radical (unpaired) electrons. The molecular weight excluding hydrogens is 703 g/mol. The Morgan fingerprint density at radius 1 is 0.207 bits per heavy atom. The molecule has 3 heteroatoms. The second-order valence-electron chi connectivity index (χ2n) is 14.8. The Hall–Kier alpha value is -7.75. The van der Waals surface area contributed by atoms with E-state index in [2.05, 4.69) is 176 Å². The van der Waals surface area contributed by atoms with Gasteiger partial charge in [-0.1, -0.05) is 188 Å². The number of hydrogen-bond donors (Lipinski definition) is 0. The van der Waals surface area contributed by atoms with Gasteiger partial charge in [-0.3, -0.25) is 0 Å². The molecule has 3 nitrogen and oxygen atoms in total. The number of fused-ring (bicyclic) bond motifs is 8. The van der Waals surface area contributed by atoms with Gasteiger partial charge in [-0.2, -0.15) is 0 Å². The van der Waals surface area contributed by atoms with Crippen molar-refractivity contribution in [1.29, 1.82) is 0 Å². The van der Waals surface area contributed by atoms with Gasteiger partial charge in [0.1, 0.15) is 0 Å². The van der Waals surface area contributed by atoms with Crippen LogP contribution >= 0.6 is 0 Å². The van der Waals surface area contributed by atoms with Gasteiger partial charge in [-0.05, 0) is 101 Å². The second-order valence-corrected chi connectivity index (χ2v) is 14.8. The normalized spacial score (nSPS) is 11.4. The van der Waals surface area contributed by atoms with E-state index in [4.69, 9.17) is 15.0 Å². The molecule has 0 unspecified atom stereocenters. The number of benzene rings is 10. The van der Waals surface area contributed by atoms with Crippen LogP contribution in [0.2, 0.25) is 0 Å². The number of hydrogen-bond acceptors (Lipinski definition) is 3. The smallest absolute Gasteiger partial charge is 0.164 e. The lowest BCUT2D eigenvalue weighted by Crippen LogP contribution is -2.00. The van der Waals surface area contributed by atoms with Crippen LogP contribution in [0.4, 0.5) is 0 Å². The molecule has 10 aromatic carbocycles. The molecule has 1 heterocycles. The van der Waals surface area contributed by atoms with Gasteiger partial charge in [0.05, 0.1) is 0 Å². The average molecular weight is 738 g/mol. The van der Waals surface area contributed by atoms with E-state index in [0.717, 1.165) is 38.9 Å². The fraction of sp³-hybridized carbons (Fsp3) is 0. The van der Waals surface area contributed by atoms with Crippen molar-refractivity contribution >= 4 is 43.1 Å². The highest BCUT2D eigenvalue weighted by Crippen LogP contribution is 2.43. The maximum Gasteiger partial charge on any atom is 0.164 e. The Balaban J connectivity index is 1.04. The zero-order valence-corrected chi connectivity index (χ0v) is 31.5. The summed E-state index contributed by atoms with van der Waals surface area (Å²) in [5.41, 5.74) is 9.68. The van der Waals surface area contributed by atoms with E-state index >= 15 is 0 Å². The molecule has 0 aliphatic carbocycles. The molecule has 0 aliphatic heterocycles. The van der Waals surface area contributed by atoms with Gasteiger partial charge in [0.15, 0.2) is 17.5 Å². The molecule has 11 rings (SSSR count). The summed E-state index contributed by atoms with van der Waals surface area (Å²) in [5.74, 6) is 1.91. The number of aromatic nitrogens is 3. The summed E-state index contributed by atoms with van der Waals surface area (Å²) in [4.78, 5) is 15.2. The van der Waals surface area contributed by atoms with E-state index in [9.17, 15) is 0 Å². The predicted molar refractivity (Wildman–Crippen MR) is 242 cm³/mol. The van der Waals surface area contributed by atoms with Crippen LogP contribution in [-0.4, -0.2) is 15.0 Å². The Kier molecular flexibility index (Phi) is 8.15. The van der Waals surface area contributed by atoms with Crippen LogP contribution in [0.1, 0.15) is 0 Å². The first kappa shape index (κ1) is 33.6. The third-order valence-corrected chi connectivity index (χ3v) is 11.3. The van der Waals surface area contributed by atoms with Crippen LogP contribution in [0.25, 0.3) is 111 Å². The van der Waals surface area contributed by atoms with Gasteiger partial charge in [-0.25, -0.2) is 15.0 Å². The first-order valence-corrected chi connectivity index (χ1v) is 19.7. The predicted octanol–water partition coefficient (Wildman–Crippen LogP) is 14.5. The summed E-state index contributed by atoms with van der Waals surface area (Å²) in [7, 11) is 0. The third kappa shape index (κ3) is 5.89. The molecule has 0 saturated heterocycles. The van der Waals surface area contributed by atoms with Crippen LogP contribution in [-0.2, 0) is 0 Å². The van der Waals surface area contributed by atoms with Crippen LogP contribution in [0.15, 0.2) is 212 Å². The summed E-state index contributed by atoms with van der Waals surface area (Å²) in [6.45, 7) is 0. The highest BCUT2D eigenvalue weighted by molar-refractivity contribution is 6.33. The maximum absolute atomic E-state index is 5.12. The average Bonchev–Trinajstić information content (AvgIpc) is 3.32. The highest BCUT2D eigenvalue weighted by atomic mass is 15.0. The van der Waals surface area contributed by atoms with Gasteiger partial charge in [0, 0.05) is 16.7 Å². The summed E-state index contributed by atoms with van der Waals surface area (Å²) in [5, 5.41) is 10.2. The minimum Gasteiger partial charge on any atom is -0.208 e. The summed E-state index contributed by atoms with van der Waals surface area (Å²) in [6, 6.07) is 75.4. The minimum absolute atomic E-state index is 0.631. The molecule has 58 heavy (non-hydrogen) atoms. The van der Waals surface area contributed by atoms with Gasteiger partial charge >= 0.3 is 0 Å². The Morgan fingerprint density at radius 3 is 1.12 bits per heavy atom. The first-order valence-electron chi connectivity index (χ1n) is 19.7.